The minimum atomic E-state index is -3.29. The number of rotatable bonds is 7. The van der Waals surface area contributed by atoms with Gasteiger partial charge in [-0.25, -0.2) is 18.4 Å². The number of hydrogen-bond acceptors (Lipinski definition) is 8. The molecule has 4 heterocycles. The lowest BCUT2D eigenvalue weighted by atomic mass is 9.89. The fourth-order valence-corrected chi connectivity index (χ4v) is 4.61. The van der Waals surface area contributed by atoms with E-state index in [9.17, 15) is 13.7 Å². The molecule has 30 heavy (non-hydrogen) atoms. The number of aromatic nitrogens is 6. The first-order valence-corrected chi connectivity index (χ1v) is 11.0. The zero-order chi connectivity index (χ0) is 21.4. The molecule has 4 rings (SSSR count). The van der Waals surface area contributed by atoms with Crippen molar-refractivity contribution in [3.8, 4) is 17.5 Å². The minimum Gasteiger partial charge on any atom is -0.321 e. The number of anilines is 2. The van der Waals surface area contributed by atoms with Gasteiger partial charge in [0.05, 0.1) is 35.8 Å². The molecular weight excluding hydrogens is 406 g/mol. The van der Waals surface area contributed by atoms with E-state index < -0.39 is 15.6 Å². The monoisotopic (exact) mass is 427 g/mol. The Hall–Kier alpha value is -3.30. The van der Waals surface area contributed by atoms with Crippen LogP contribution in [-0.2, 0) is 22.6 Å². The second-order valence-electron chi connectivity index (χ2n) is 7.17. The second kappa shape index (κ2) is 7.51. The van der Waals surface area contributed by atoms with E-state index in [1.807, 2.05) is 13.2 Å². The predicted molar refractivity (Wildman–Crippen MR) is 109 cm³/mol. The van der Waals surface area contributed by atoms with Crippen molar-refractivity contribution in [1.29, 1.82) is 5.26 Å². The van der Waals surface area contributed by atoms with E-state index in [1.165, 1.54) is 4.31 Å². The summed E-state index contributed by atoms with van der Waals surface area (Å²) in [5.74, 6) is 0.443. The van der Waals surface area contributed by atoms with Gasteiger partial charge in [-0.05, 0) is 19.1 Å². The van der Waals surface area contributed by atoms with Gasteiger partial charge in [0.25, 0.3) is 0 Å². The van der Waals surface area contributed by atoms with Crippen LogP contribution in [0.2, 0.25) is 0 Å². The molecule has 1 fully saturated rings. The Kier molecular flexibility index (Phi) is 5.00. The molecule has 0 bridgehead atoms. The van der Waals surface area contributed by atoms with E-state index in [4.69, 9.17) is 0 Å². The van der Waals surface area contributed by atoms with E-state index in [1.54, 1.807) is 47.0 Å². The molecule has 0 aliphatic carbocycles. The molecule has 0 spiro atoms. The van der Waals surface area contributed by atoms with E-state index in [0.29, 0.717) is 17.3 Å². The standard InChI is InChI=1S/C18H21N9O2S/c1-3-30(28,29)26-12-18(13-26,6-7-19)27-9-5-16(24-27)15-4-8-20-17(23-15)22-14-10-21-25(2)11-14/h4-5,8-11H,3,6,12-13H2,1-2H3,(H,20,22,23). The van der Waals surface area contributed by atoms with Gasteiger partial charge in [0, 0.05) is 38.7 Å². The second-order valence-corrected chi connectivity index (χ2v) is 9.42. The number of hydrogen-bond donors (Lipinski definition) is 1. The summed E-state index contributed by atoms with van der Waals surface area (Å²) in [6.07, 6.45) is 7.04. The normalized spacial score (nSPS) is 16.0. The Balaban J connectivity index is 1.56. The molecule has 156 valence electrons. The van der Waals surface area contributed by atoms with Crippen molar-refractivity contribution in [3.05, 3.63) is 36.9 Å². The van der Waals surface area contributed by atoms with Crippen LogP contribution in [0.3, 0.4) is 0 Å². The van der Waals surface area contributed by atoms with E-state index in [2.05, 4.69) is 31.6 Å². The summed E-state index contributed by atoms with van der Waals surface area (Å²) < 4.78 is 29.0. The van der Waals surface area contributed by atoms with Gasteiger partial charge in [0.1, 0.15) is 11.2 Å². The van der Waals surface area contributed by atoms with Crippen LogP contribution in [-0.4, -0.2) is 61.1 Å². The predicted octanol–water partition coefficient (Wildman–Crippen LogP) is 1.09. The average molecular weight is 427 g/mol. The van der Waals surface area contributed by atoms with Crippen molar-refractivity contribution in [1.82, 2.24) is 33.8 Å². The van der Waals surface area contributed by atoms with Gasteiger partial charge in [-0.1, -0.05) is 0 Å². The molecule has 1 aliphatic rings. The minimum absolute atomic E-state index is 0.0354. The highest BCUT2D eigenvalue weighted by atomic mass is 32.2. The molecule has 0 unspecified atom stereocenters. The number of nitriles is 1. The van der Waals surface area contributed by atoms with Crippen LogP contribution in [0.4, 0.5) is 11.6 Å². The highest BCUT2D eigenvalue weighted by molar-refractivity contribution is 7.89. The molecule has 1 saturated heterocycles. The van der Waals surface area contributed by atoms with Crippen molar-refractivity contribution < 1.29 is 8.42 Å². The Labute approximate surface area is 174 Å². The van der Waals surface area contributed by atoms with Gasteiger partial charge >= 0.3 is 0 Å². The summed E-state index contributed by atoms with van der Waals surface area (Å²) in [7, 11) is -1.47. The summed E-state index contributed by atoms with van der Waals surface area (Å²) in [5.41, 5.74) is 1.32. The smallest absolute Gasteiger partial charge is 0.227 e. The summed E-state index contributed by atoms with van der Waals surface area (Å²) >= 11 is 0. The van der Waals surface area contributed by atoms with Gasteiger partial charge < -0.3 is 5.32 Å². The van der Waals surface area contributed by atoms with Gasteiger partial charge in [-0.3, -0.25) is 9.36 Å². The van der Waals surface area contributed by atoms with Crippen molar-refractivity contribution in [2.24, 2.45) is 7.05 Å². The highest BCUT2D eigenvalue weighted by Gasteiger charge is 2.49. The first-order chi connectivity index (χ1) is 14.3. The van der Waals surface area contributed by atoms with E-state index >= 15 is 0 Å². The maximum atomic E-state index is 12.1. The zero-order valence-corrected chi connectivity index (χ0v) is 17.4. The molecule has 0 radical (unpaired) electrons. The Morgan fingerprint density at radius 1 is 1.30 bits per heavy atom. The Bertz CT molecular complexity index is 1200. The Morgan fingerprint density at radius 3 is 2.77 bits per heavy atom. The number of nitrogens with one attached hydrogen (secondary N) is 1. The average Bonchev–Trinajstić information content (AvgIpc) is 3.34. The van der Waals surface area contributed by atoms with Crippen LogP contribution in [0.5, 0.6) is 0 Å². The van der Waals surface area contributed by atoms with Crippen LogP contribution in [0, 0.1) is 11.3 Å². The molecule has 0 aromatic carbocycles. The summed E-state index contributed by atoms with van der Waals surface area (Å²) in [6, 6.07) is 5.70. The van der Waals surface area contributed by atoms with E-state index in [0.717, 1.165) is 5.69 Å². The fraction of sp³-hybridized carbons (Fsp3) is 0.389. The van der Waals surface area contributed by atoms with Crippen LogP contribution in [0.1, 0.15) is 13.3 Å². The number of sulfonamides is 1. The molecular formula is C18H21N9O2S. The molecule has 0 saturated carbocycles. The third-order valence-electron chi connectivity index (χ3n) is 5.06. The van der Waals surface area contributed by atoms with Crippen LogP contribution in [0.25, 0.3) is 11.4 Å². The molecule has 0 amide bonds. The first kappa shape index (κ1) is 20.0. The summed E-state index contributed by atoms with van der Waals surface area (Å²) in [5, 5.41) is 21.1. The number of nitrogens with zero attached hydrogens (tertiary/aromatic N) is 8. The van der Waals surface area contributed by atoms with Crippen molar-refractivity contribution in [2.75, 3.05) is 24.2 Å². The molecule has 0 atom stereocenters. The summed E-state index contributed by atoms with van der Waals surface area (Å²) in [6.45, 7) is 2.07. The molecule has 1 N–H and O–H groups in total. The van der Waals surface area contributed by atoms with Crippen LogP contribution >= 0.6 is 0 Å². The highest BCUT2D eigenvalue weighted by Crippen LogP contribution is 2.35. The largest absolute Gasteiger partial charge is 0.321 e. The van der Waals surface area contributed by atoms with Crippen LogP contribution < -0.4 is 5.32 Å². The van der Waals surface area contributed by atoms with E-state index in [-0.39, 0.29) is 25.3 Å². The van der Waals surface area contributed by atoms with Gasteiger partial charge in [-0.15, -0.1) is 0 Å². The SMILES string of the molecule is CCS(=O)(=O)N1CC(CC#N)(n2ccc(-c3ccnc(Nc4cnn(C)c4)n3)n2)C1. The first-order valence-electron chi connectivity index (χ1n) is 9.35. The maximum Gasteiger partial charge on any atom is 0.227 e. The van der Waals surface area contributed by atoms with Gasteiger partial charge in [0.2, 0.25) is 16.0 Å². The molecule has 12 heteroatoms. The van der Waals surface area contributed by atoms with Crippen molar-refractivity contribution in [2.45, 2.75) is 18.9 Å². The lowest BCUT2D eigenvalue weighted by Gasteiger charge is -2.47. The zero-order valence-electron chi connectivity index (χ0n) is 16.6. The topological polar surface area (TPSA) is 135 Å². The number of aryl methyl sites for hydroxylation is 1. The third kappa shape index (κ3) is 3.64. The lowest BCUT2D eigenvalue weighted by Crippen LogP contribution is -2.64. The molecule has 11 nitrogen and oxygen atoms in total. The molecule has 3 aromatic heterocycles. The van der Waals surface area contributed by atoms with Crippen molar-refractivity contribution in [3.63, 3.8) is 0 Å². The summed E-state index contributed by atoms with van der Waals surface area (Å²) in [4.78, 5) is 8.71. The molecule has 3 aromatic rings. The van der Waals surface area contributed by atoms with Crippen LogP contribution in [0.15, 0.2) is 36.9 Å². The molecule has 1 aliphatic heterocycles. The van der Waals surface area contributed by atoms with Crippen molar-refractivity contribution >= 4 is 21.7 Å². The quantitative estimate of drug-likeness (QED) is 0.592. The Morgan fingerprint density at radius 2 is 2.10 bits per heavy atom. The van der Waals surface area contributed by atoms with Gasteiger partial charge in [0.15, 0.2) is 0 Å². The maximum absolute atomic E-state index is 12.1. The van der Waals surface area contributed by atoms with Gasteiger partial charge in [-0.2, -0.15) is 19.8 Å². The third-order valence-corrected chi connectivity index (χ3v) is 6.84. The fourth-order valence-electron chi connectivity index (χ4n) is 3.38. The lowest BCUT2D eigenvalue weighted by molar-refractivity contribution is 0.0721.